The molecule has 0 bridgehead atoms. The third-order valence-electron chi connectivity index (χ3n) is 3.54. The van der Waals surface area contributed by atoms with Crippen LogP contribution in [0.4, 0.5) is 11.4 Å². The van der Waals surface area contributed by atoms with Crippen LogP contribution in [0.2, 0.25) is 5.02 Å². The second-order valence-electron chi connectivity index (χ2n) is 5.20. The predicted octanol–water partition coefficient (Wildman–Crippen LogP) is 4.18. The van der Waals surface area contributed by atoms with Gasteiger partial charge in [-0.25, -0.2) is 0 Å². The molecule has 0 aliphatic rings. The molecule has 120 valence electrons. The number of carbonyl (C=O) groups is 2. The van der Waals surface area contributed by atoms with E-state index in [2.05, 4.69) is 10.6 Å². The van der Waals surface area contributed by atoms with Gasteiger partial charge in [0, 0.05) is 16.4 Å². The minimum atomic E-state index is -0.373. The average Bonchev–Trinajstić information content (AvgIpc) is 2.52. The van der Waals surface area contributed by atoms with Gasteiger partial charge >= 0.3 is 0 Å². The lowest BCUT2D eigenvalue weighted by atomic mass is 10.1. The van der Waals surface area contributed by atoms with Crippen molar-refractivity contribution in [3.05, 3.63) is 58.6 Å². The van der Waals surface area contributed by atoms with Gasteiger partial charge in [0.25, 0.3) is 0 Å². The van der Waals surface area contributed by atoms with Crippen molar-refractivity contribution in [1.82, 2.24) is 0 Å². The van der Waals surface area contributed by atoms with E-state index in [0.717, 1.165) is 23.2 Å². The zero-order chi connectivity index (χ0) is 16.8. The van der Waals surface area contributed by atoms with Crippen molar-refractivity contribution in [2.75, 3.05) is 10.6 Å². The van der Waals surface area contributed by atoms with Gasteiger partial charge in [-0.1, -0.05) is 42.8 Å². The fraction of sp³-hybridized carbons (Fsp3) is 0.222. The van der Waals surface area contributed by atoms with Crippen molar-refractivity contribution in [3.8, 4) is 0 Å². The van der Waals surface area contributed by atoms with E-state index in [1.54, 1.807) is 18.2 Å². The molecular formula is C18H19ClN2O2. The summed E-state index contributed by atoms with van der Waals surface area (Å²) in [6, 6.07) is 12.8. The molecule has 0 unspecified atom stereocenters. The summed E-state index contributed by atoms with van der Waals surface area (Å²) in [5.74, 6) is -0.718. The monoisotopic (exact) mass is 330 g/mol. The van der Waals surface area contributed by atoms with E-state index in [-0.39, 0.29) is 18.2 Å². The van der Waals surface area contributed by atoms with Crippen molar-refractivity contribution in [2.24, 2.45) is 0 Å². The standard InChI is InChI=1S/C18H19ClN2O2/c1-3-13-7-4-5-9-16(13)21-18(23)11-17(22)20-15-10-6-8-14(19)12(15)2/h4-10H,3,11H2,1-2H3,(H,20,22)(H,21,23). The maximum absolute atomic E-state index is 12.0. The lowest BCUT2D eigenvalue weighted by Crippen LogP contribution is -2.22. The van der Waals surface area contributed by atoms with Gasteiger partial charge in [0.15, 0.2) is 0 Å². The van der Waals surface area contributed by atoms with Gasteiger partial charge in [-0.3, -0.25) is 9.59 Å². The molecule has 2 rings (SSSR count). The Bertz CT molecular complexity index is 729. The van der Waals surface area contributed by atoms with Crippen LogP contribution in [-0.2, 0) is 16.0 Å². The lowest BCUT2D eigenvalue weighted by Gasteiger charge is -2.11. The Labute approximate surface area is 140 Å². The average molecular weight is 331 g/mol. The lowest BCUT2D eigenvalue weighted by molar-refractivity contribution is -0.123. The van der Waals surface area contributed by atoms with Crippen LogP contribution < -0.4 is 10.6 Å². The second-order valence-corrected chi connectivity index (χ2v) is 5.60. The van der Waals surface area contributed by atoms with Gasteiger partial charge in [0.2, 0.25) is 11.8 Å². The largest absolute Gasteiger partial charge is 0.325 e. The van der Waals surface area contributed by atoms with Gasteiger partial charge in [0.05, 0.1) is 0 Å². The number of hydrogen-bond donors (Lipinski definition) is 2. The molecule has 0 atom stereocenters. The quantitative estimate of drug-likeness (QED) is 0.808. The SMILES string of the molecule is CCc1ccccc1NC(=O)CC(=O)Nc1cccc(Cl)c1C. The maximum atomic E-state index is 12.0. The van der Waals surface area contributed by atoms with Crippen LogP contribution in [0, 0.1) is 6.92 Å². The molecule has 2 aromatic rings. The number of halogens is 1. The van der Waals surface area contributed by atoms with E-state index >= 15 is 0 Å². The molecule has 2 N–H and O–H groups in total. The van der Waals surface area contributed by atoms with Gasteiger partial charge in [-0.2, -0.15) is 0 Å². The van der Waals surface area contributed by atoms with Crippen molar-refractivity contribution >= 4 is 34.8 Å². The minimum Gasteiger partial charge on any atom is -0.325 e. The Kier molecular flexibility index (Phi) is 5.77. The Morgan fingerprint density at radius 2 is 1.57 bits per heavy atom. The number of anilines is 2. The van der Waals surface area contributed by atoms with Crippen LogP contribution in [0.1, 0.15) is 24.5 Å². The number of rotatable bonds is 5. The molecule has 0 radical (unpaired) electrons. The summed E-state index contributed by atoms with van der Waals surface area (Å²) in [5, 5.41) is 6.06. The predicted molar refractivity (Wildman–Crippen MR) is 93.9 cm³/mol. The highest BCUT2D eigenvalue weighted by atomic mass is 35.5. The van der Waals surface area contributed by atoms with Gasteiger partial charge in [0.1, 0.15) is 6.42 Å². The van der Waals surface area contributed by atoms with Crippen LogP contribution in [0.15, 0.2) is 42.5 Å². The summed E-state index contributed by atoms with van der Waals surface area (Å²) >= 11 is 6.01. The fourth-order valence-corrected chi connectivity index (χ4v) is 2.40. The zero-order valence-electron chi connectivity index (χ0n) is 13.2. The van der Waals surface area contributed by atoms with Crippen molar-refractivity contribution < 1.29 is 9.59 Å². The van der Waals surface area contributed by atoms with E-state index < -0.39 is 0 Å². The molecule has 0 spiro atoms. The highest BCUT2D eigenvalue weighted by Crippen LogP contribution is 2.23. The van der Waals surface area contributed by atoms with E-state index in [1.807, 2.05) is 38.1 Å². The van der Waals surface area contributed by atoms with Gasteiger partial charge in [-0.15, -0.1) is 0 Å². The minimum absolute atomic E-state index is 0.246. The van der Waals surface area contributed by atoms with E-state index in [4.69, 9.17) is 11.6 Å². The first kappa shape index (κ1) is 17.0. The maximum Gasteiger partial charge on any atom is 0.233 e. The third-order valence-corrected chi connectivity index (χ3v) is 3.94. The first-order chi connectivity index (χ1) is 11.0. The first-order valence-electron chi connectivity index (χ1n) is 7.44. The molecule has 4 nitrogen and oxygen atoms in total. The van der Waals surface area contributed by atoms with E-state index in [1.165, 1.54) is 0 Å². The fourth-order valence-electron chi connectivity index (χ4n) is 2.23. The molecule has 2 aromatic carbocycles. The van der Waals surface area contributed by atoms with Crippen molar-refractivity contribution in [1.29, 1.82) is 0 Å². The molecule has 5 heteroatoms. The molecule has 0 aliphatic carbocycles. The van der Waals surface area contributed by atoms with Crippen molar-refractivity contribution in [2.45, 2.75) is 26.7 Å². The molecule has 0 fully saturated rings. The molecule has 2 amide bonds. The highest BCUT2D eigenvalue weighted by Gasteiger charge is 2.12. The number of hydrogen-bond acceptors (Lipinski definition) is 2. The summed E-state index contributed by atoms with van der Waals surface area (Å²) in [6.45, 7) is 3.83. The summed E-state index contributed by atoms with van der Waals surface area (Å²) in [4.78, 5) is 24.1. The topological polar surface area (TPSA) is 58.2 Å². The second kappa shape index (κ2) is 7.79. The molecule has 0 saturated heterocycles. The number of amides is 2. The number of nitrogens with one attached hydrogen (secondary N) is 2. The Balaban J connectivity index is 1.97. The van der Waals surface area contributed by atoms with Crippen LogP contribution in [0.3, 0.4) is 0 Å². The Morgan fingerprint density at radius 3 is 2.26 bits per heavy atom. The third kappa shape index (κ3) is 4.57. The van der Waals surface area contributed by atoms with Crippen LogP contribution in [-0.4, -0.2) is 11.8 Å². The summed E-state index contributed by atoms with van der Waals surface area (Å²) < 4.78 is 0. The number of benzene rings is 2. The number of aryl methyl sites for hydroxylation is 1. The molecule has 0 aromatic heterocycles. The van der Waals surface area contributed by atoms with Crippen molar-refractivity contribution in [3.63, 3.8) is 0 Å². The summed E-state index contributed by atoms with van der Waals surface area (Å²) in [7, 11) is 0. The van der Waals surface area contributed by atoms with Crippen LogP contribution >= 0.6 is 11.6 Å². The summed E-state index contributed by atoms with van der Waals surface area (Å²) in [6.07, 6.45) is 0.564. The molecule has 0 saturated carbocycles. The van der Waals surface area contributed by atoms with E-state index in [0.29, 0.717) is 10.7 Å². The Morgan fingerprint density at radius 1 is 0.957 bits per heavy atom. The molecule has 0 heterocycles. The number of carbonyl (C=O) groups excluding carboxylic acids is 2. The van der Waals surface area contributed by atoms with E-state index in [9.17, 15) is 9.59 Å². The van der Waals surface area contributed by atoms with Gasteiger partial charge < -0.3 is 10.6 Å². The highest BCUT2D eigenvalue weighted by molar-refractivity contribution is 6.31. The van der Waals surface area contributed by atoms with Crippen LogP contribution in [0.5, 0.6) is 0 Å². The molecule has 23 heavy (non-hydrogen) atoms. The molecular weight excluding hydrogens is 312 g/mol. The van der Waals surface area contributed by atoms with Crippen LogP contribution in [0.25, 0.3) is 0 Å². The zero-order valence-corrected chi connectivity index (χ0v) is 13.9. The Hall–Kier alpha value is -2.33. The summed E-state index contributed by atoms with van der Waals surface area (Å²) in [5.41, 5.74) is 3.17. The first-order valence-corrected chi connectivity index (χ1v) is 7.81. The normalized spacial score (nSPS) is 10.2. The number of para-hydroxylation sites is 1. The molecule has 0 aliphatic heterocycles. The smallest absolute Gasteiger partial charge is 0.233 e. The van der Waals surface area contributed by atoms with Gasteiger partial charge in [-0.05, 0) is 42.7 Å².